The molecular formula is C17H17F2NO. The predicted octanol–water partition coefficient (Wildman–Crippen LogP) is 3.71. The van der Waals surface area contributed by atoms with Crippen LogP contribution < -0.4 is 10.5 Å². The van der Waals surface area contributed by atoms with Crippen molar-refractivity contribution in [3.8, 4) is 5.75 Å². The van der Waals surface area contributed by atoms with Crippen LogP contribution in [0.3, 0.4) is 0 Å². The van der Waals surface area contributed by atoms with Gasteiger partial charge in [0.1, 0.15) is 17.4 Å². The summed E-state index contributed by atoms with van der Waals surface area (Å²) in [5, 5.41) is 0. The molecule has 0 bridgehead atoms. The van der Waals surface area contributed by atoms with Crippen molar-refractivity contribution in [3.05, 3.63) is 65.2 Å². The minimum atomic E-state index is -0.703. The SMILES string of the molecule is COc1cc(F)c(C(N)C2(c3ccccc3)CC2)c(F)c1. The maximum atomic E-state index is 14.2. The summed E-state index contributed by atoms with van der Waals surface area (Å²) in [4.78, 5) is 0. The molecule has 21 heavy (non-hydrogen) atoms. The van der Waals surface area contributed by atoms with Crippen LogP contribution in [-0.4, -0.2) is 7.11 Å². The van der Waals surface area contributed by atoms with Crippen LogP contribution in [0.15, 0.2) is 42.5 Å². The van der Waals surface area contributed by atoms with Gasteiger partial charge < -0.3 is 10.5 Å². The fourth-order valence-corrected chi connectivity index (χ4v) is 2.94. The lowest BCUT2D eigenvalue weighted by atomic mass is 9.84. The van der Waals surface area contributed by atoms with E-state index in [0.29, 0.717) is 0 Å². The summed E-state index contributed by atoms with van der Waals surface area (Å²) in [6, 6.07) is 11.3. The quantitative estimate of drug-likeness (QED) is 0.931. The smallest absolute Gasteiger partial charge is 0.134 e. The van der Waals surface area contributed by atoms with Crippen LogP contribution in [0.4, 0.5) is 8.78 Å². The zero-order valence-electron chi connectivity index (χ0n) is 11.8. The Hall–Kier alpha value is -1.94. The standard InChI is InChI=1S/C17H17F2NO/c1-21-12-9-13(18)15(14(19)10-12)16(20)17(7-8-17)11-5-3-2-4-6-11/h2-6,9-10,16H,7-8,20H2,1H3. The van der Waals surface area contributed by atoms with Crippen LogP contribution in [0.1, 0.15) is 30.0 Å². The molecule has 110 valence electrons. The van der Waals surface area contributed by atoms with Crippen LogP contribution >= 0.6 is 0 Å². The van der Waals surface area contributed by atoms with Gasteiger partial charge in [0.05, 0.1) is 7.11 Å². The summed E-state index contributed by atoms with van der Waals surface area (Å²) in [6.45, 7) is 0. The van der Waals surface area contributed by atoms with Gasteiger partial charge in [-0.1, -0.05) is 30.3 Å². The number of methoxy groups -OCH3 is 1. The monoisotopic (exact) mass is 289 g/mol. The molecule has 1 atom stereocenters. The zero-order chi connectivity index (χ0) is 15.0. The van der Waals surface area contributed by atoms with Crippen LogP contribution in [0, 0.1) is 11.6 Å². The molecular weight excluding hydrogens is 272 g/mol. The van der Waals surface area contributed by atoms with E-state index in [0.717, 1.165) is 18.4 Å². The van der Waals surface area contributed by atoms with E-state index in [-0.39, 0.29) is 16.7 Å². The summed E-state index contributed by atoms with van der Waals surface area (Å²) >= 11 is 0. The third kappa shape index (κ3) is 2.29. The third-order valence-electron chi connectivity index (χ3n) is 4.33. The van der Waals surface area contributed by atoms with E-state index >= 15 is 0 Å². The van der Waals surface area contributed by atoms with Crippen molar-refractivity contribution in [1.82, 2.24) is 0 Å². The van der Waals surface area contributed by atoms with Gasteiger partial charge >= 0.3 is 0 Å². The zero-order valence-corrected chi connectivity index (χ0v) is 11.8. The average Bonchev–Trinajstić information content (AvgIpc) is 3.29. The second-order valence-corrected chi connectivity index (χ2v) is 5.50. The van der Waals surface area contributed by atoms with Gasteiger partial charge in [0, 0.05) is 29.2 Å². The van der Waals surface area contributed by atoms with E-state index in [2.05, 4.69) is 0 Å². The first kappa shape index (κ1) is 14.0. The van der Waals surface area contributed by atoms with Crippen LogP contribution in [0.2, 0.25) is 0 Å². The van der Waals surface area contributed by atoms with E-state index < -0.39 is 17.7 Å². The highest BCUT2D eigenvalue weighted by atomic mass is 19.1. The molecule has 0 aliphatic heterocycles. The second kappa shape index (κ2) is 5.11. The summed E-state index contributed by atoms with van der Waals surface area (Å²) in [7, 11) is 1.38. The number of rotatable bonds is 4. The number of benzene rings is 2. The van der Waals surface area contributed by atoms with Gasteiger partial charge in [-0.15, -0.1) is 0 Å². The van der Waals surface area contributed by atoms with Crippen LogP contribution in [0.5, 0.6) is 5.75 Å². The minimum absolute atomic E-state index is 0.0582. The van der Waals surface area contributed by atoms with Gasteiger partial charge in [0.15, 0.2) is 0 Å². The maximum Gasteiger partial charge on any atom is 0.134 e. The Morgan fingerprint density at radius 1 is 1.10 bits per heavy atom. The van der Waals surface area contributed by atoms with E-state index in [1.807, 2.05) is 30.3 Å². The maximum absolute atomic E-state index is 14.2. The Morgan fingerprint density at radius 2 is 1.67 bits per heavy atom. The summed E-state index contributed by atoms with van der Waals surface area (Å²) < 4.78 is 33.3. The molecule has 3 rings (SSSR count). The topological polar surface area (TPSA) is 35.2 Å². The molecule has 1 fully saturated rings. The van der Waals surface area contributed by atoms with E-state index in [9.17, 15) is 8.78 Å². The van der Waals surface area contributed by atoms with Gasteiger partial charge in [-0.05, 0) is 18.4 Å². The molecule has 4 heteroatoms. The molecule has 1 aliphatic rings. The molecule has 0 radical (unpaired) electrons. The molecule has 2 aromatic carbocycles. The van der Waals surface area contributed by atoms with Crippen molar-refractivity contribution in [2.24, 2.45) is 5.73 Å². The molecule has 2 N–H and O–H groups in total. The summed E-state index contributed by atoms with van der Waals surface area (Å²) in [5.41, 5.74) is 6.85. The molecule has 2 aromatic rings. The molecule has 0 spiro atoms. The number of hydrogen-bond acceptors (Lipinski definition) is 2. The lowest BCUT2D eigenvalue weighted by Crippen LogP contribution is -2.28. The average molecular weight is 289 g/mol. The van der Waals surface area contributed by atoms with Gasteiger partial charge in [-0.3, -0.25) is 0 Å². The molecule has 0 aromatic heterocycles. The minimum Gasteiger partial charge on any atom is -0.497 e. The fraction of sp³-hybridized carbons (Fsp3) is 0.294. The molecule has 0 saturated heterocycles. The van der Waals surface area contributed by atoms with Crippen molar-refractivity contribution >= 4 is 0 Å². The Balaban J connectivity index is 2.02. The highest BCUT2D eigenvalue weighted by molar-refractivity contribution is 5.41. The first-order valence-electron chi connectivity index (χ1n) is 6.92. The Morgan fingerprint density at radius 3 is 2.14 bits per heavy atom. The fourth-order valence-electron chi connectivity index (χ4n) is 2.94. The van der Waals surface area contributed by atoms with Crippen molar-refractivity contribution in [2.75, 3.05) is 7.11 Å². The first-order chi connectivity index (χ1) is 10.1. The lowest BCUT2D eigenvalue weighted by Gasteiger charge is -2.25. The molecule has 0 heterocycles. The largest absolute Gasteiger partial charge is 0.497 e. The third-order valence-corrected chi connectivity index (χ3v) is 4.33. The number of halogens is 2. The lowest BCUT2D eigenvalue weighted by molar-refractivity contribution is 0.400. The van der Waals surface area contributed by atoms with Crippen LogP contribution in [-0.2, 0) is 5.41 Å². The van der Waals surface area contributed by atoms with E-state index in [1.54, 1.807) is 0 Å². The molecule has 1 aliphatic carbocycles. The predicted molar refractivity (Wildman–Crippen MR) is 77.2 cm³/mol. The first-order valence-corrected chi connectivity index (χ1v) is 6.92. The van der Waals surface area contributed by atoms with Gasteiger partial charge in [-0.25, -0.2) is 8.78 Å². The van der Waals surface area contributed by atoms with Gasteiger partial charge in [0.25, 0.3) is 0 Å². The normalized spacial score (nSPS) is 17.3. The summed E-state index contributed by atoms with van der Waals surface area (Å²) in [5.74, 6) is -1.14. The number of nitrogens with two attached hydrogens (primary N) is 1. The Kier molecular flexibility index (Phi) is 3.41. The van der Waals surface area contributed by atoms with E-state index in [4.69, 9.17) is 10.5 Å². The van der Waals surface area contributed by atoms with Crippen molar-refractivity contribution < 1.29 is 13.5 Å². The number of ether oxygens (including phenoxy) is 1. The molecule has 1 unspecified atom stereocenters. The van der Waals surface area contributed by atoms with Crippen molar-refractivity contribution in [2.45, 2.75) is 24.3 Å². The number of hydrogen-bond donors (Lipinski definition) is 1. The molecule has 2 nitrogen and oxygen atoms in total. The van der Waals surface area contributed by atoms with E-state index in [1.165, 1.54) is 19.2 Å². The van der Waals surface area contributed by atoms with Crippen molar-refractivity contribution in [1.29, 1.82) is 0 Å². The highest BCUT2D eigenvalue weighted by Crippen LogP contribution is 2.56. The van der Waals surface area contributed by atoms with Gasteiger partial charge in [-0.2, -0.15) is 0 Å². The second-order valence-electron chi connectivity index (χ2n) is 5.50. The van der Waals surface area contributed by atoms with Crippen LogP contribution in [0.25, 0.3) is 0 Å². The molecule has 1 saturated carbocycles. The highest BCUT2D eigenvalue weighted by Gasteiger charge is 2.51. The Labute approximate surface area is 122 Å². The van der Waals surface area contributed by atoms with Gasteiger partial charge in [0.2, 0.25) is 0 Å². The summed E-state index contributed by atoms with van der Waals surface area (Å²) in [6.07, 6.45) is 1.67. The molecule has 0 amide bonds. The van der Waals surface area contributed by atoms with Crippen molar-refractivity contribution in [3.63, 3.8) is 0 Å². The Bertz CT molecular complexity index is 630.